The van der Waals surface area contributed by atoms with Gasteiger partial charge in [-0.2, -0.15) is 0 Å². The fraction of sp³-hybridized carbons (Fsp3) is 0. The largest absolute Gasteiger partial charge is 0.309 e. The zero-order valence-electron chi connectivity index (χ0n) is 28.1. The quantitative estimate of drug-likeness (QED) is 0.232. The molecule has 0 aliphatic carbocycles. The van der Waals surface area contributed by atoms with Gasteiger partial charge in [0.1, 0.15) is 0 Å². The Labute approximate surface area is 231 Å². The second kappa shape index (κ2) is 8.22. The van der Waals surface area contributed by atoms with Gasteiger partial charge < -0.3 is 9.13 Å². The van der Waals surface area contributed by atoms with Crippen molar-refractivity contribution in [1.82, 2.24) is 9.13 Å². The highest BCUT2D eigenvalue weighted by Crippen LogP contribution is 2.38. The number of hydrogen-bond donors (Lipinski definition) is 0. The SMILES string of the molecule is [2H]c1cc([2H])c(-n2c3ccc([2H])cc3c3cc(-c4ccc5c(c4)c4cc([2H])ccc4n5-c4c([2H])cc([2H])cc4[2H])ccc32)c([2H])c1. The summed E-state index contributed by atoms with van der Waals surface area (Å²) in [4.78, 5) is 0. The third kappa shape index (κ3) is 3.07. The van der Waals surface area contributed by atoms with Crippen LogP contribution in [0.1, 0.15) is 11.0 Å². The van der Waals surface area contributed by atoms with Crippen molar-refractivity contribution in [2.75, 3.05) is 0 Å². The average Bonchev–Trinajstić information content (AvgIpc) is 3.47. The van der Waals surface area contributed by atoms with Gasteiger partial charge in [0.15, 0.2) is 0 Å². The number of rotatable bonds is 3. The Morgan fingerprint density at radius 1 is 0.395 bits per heavy atom. The van der Waals surface area contributed by atoms with E-state index in [1.165, 1.54) is 24.3 Å². The van der Waals surface area contributed by atoms with Crippen LogP contribution in [0.5, 0.6) is 0 Å². The highest BCUT2D eigenvalue weighted by Gasteiger charge is 2.15. The molecule has 8 aromatic rings. The molecule has 0 saturated heterocycles. The van der Waals surface area contributed by atoms with Crippen molar-refractivity contribution in [3.05, 3.63) is 145 Å². The normalized spacial score (nSPS) is 14.6. The van der Waals surface area contributed by atoms with Crippen LogP contribution in [0, 0.1) is 0 Å². The van der Waals surface area contributed by atoms with E-state index in [9.17, 15) is 0 Å². The predicted molar refractivity (Wildman–Crippen MR) is 161 cm³/mol. The van der Waals surface area contributed by atoms with Gasteiger partial charge in [0.25, 0.3) is 0 Å². The first kappa shape index (κ1) is 14.6. The lowest BCUT2D eigenvalue weighted by molar-refractivity contribution is 1.18. The highest BCUT2D eigenvalue weighted by molar-refractivity contribution is 6.12. The summed E-state index contributed by atoms with van der Waals surface area (Å²) >= 11 is 0. The van der Waals surface area contributed by atoms with Crippen LogP contribution in [0.15, 0.2) is 145 Å². The maximum atomic E-state index is 8.61. The van der Waals surface area contributed by atoms with Crippen LogP contribution in [0.4, 0.5) is 0 Å². The minimum Gasteiger partial charge on any atom is -0.309 e. The predicted octanol–water partition coefficient (Wildman–Crippen LogP) is 9.55. The third-order valence-electron chi connectivity index (χ3n) is 7.17. The summed E-state index contributed by atoms with van der Waals surface area (Å²) in [6, 6.07) is 29.5. The molecule has 0 atom stereocenters. The van der Waals surface area contributed by atoms with Crippen molar-refractivity contribution < 1.29 is 11.0 Å². The molecule has 2 aromatic heterocycles. The van der Waals surface area contributed by atoms with Gasteiger partial charge in [-0.05, 0) is 71.7 Å². The highest BCUT2D eigenvalue weighted by atomic mass is 15.0. The number of nitrogens with zero attached hydrogens (tertiary/aromatic N) is 2. The van der Waals surface area contributed by atoms with E-state index in [4.69, 9.17) is 11.0 Å². The molecule has 2 nitrogen and oxygen atoms in total. The lowest BCUT2D eigenvalue weighted by atomic mass is 10.0. The van der Waals surface area contributed by atoms with Gasteiger partial charge in [0, 0.05) is 32.9 Å². The van der Waals surface area contributed by atoms with E-state index >= 15 is 0 Å². The topological polar surface area (TPSA) is 9.86 Å². The molecule has 0 aliphatic heterocycles. The Bertz CT molecular complexity index is 2360. The molecule has 6 aromatic carbocycles. The minimum absolute atomic E-state index is 0.0787. The summed E-state index contributed by atoms with van der Waals surface area (Å²) in [6.45, 7) is 0. The van der Waals surface area contributed by atoms with Gasteiger partial charge in [0.05, 0.1) is 33.0 Å². The smallest absolute Gasteiger partial charge is 0.0645 e. The summed E-state index contributed by atoms with van der Waals surface area (Å²) in [7, 11) is 0. The van der Waals surface area contributed by atoms with E-state index in [-0.39, 0.29) is 36.3 Å². The molecule has 2 heterocycles. The van der Waals surface area contributed by atoms with Crippen molar-refractivity contribution in [2.24, 2.45) is 0 Å². The van der Waals surface area contributed by atoms with E-state index in [2.05, 4.69) is 0 Å². The summed E-state index contributed by atoms with van der Waals surface area (Å²) in [5, 5.41) is 3.36. The number of para-hydroxylation sites is 4. The Kier molecular flexibility index (Phi) is 3.16. The van der Waals surface area contributed by atoms with E-state index in [0.717, 1.165) is 54.7 Å². The summed E-state index contributed by atoms with van der Waals surface area (Å²) in [6.07, 6.45) is 0. The Hall–Kier alpha value is -5.08. The Morgan fingerprint density at radius 2 is 0.816 bits per heavy atom. The fourth-order valence-corrected chi connectivity index (χ4v) is 5.52. The Balaban J connectivity index is 1.38. The molecule has 0 saturated carbocycles. The number of aromatic nitrogens is 2. The van der Waals surface area contributed by atoms with Crippen LogP contribution >= 0.6 is 0 Å². The second-order valence-electron chi connectivity index (χ2n) is 9.21. The maximum absolute atomic E-state index is 8.61. The van der Waals surface area contributed by atoms with E-state index < -0.39 is 0 Å². The van der Waals surface area contributed by atoms with E-state index in [0.29, 0.717) is 23.5 Å². The number of benzene rings is 6. The third-order valence-corrected chi connectivity index (χ3v) is 7.17. The van der Waals surface area contributed by atoms with Crippen LogP contribution < -0.4 is 0 Å². The van der Waals surface area contributed by atoms with Crippen LogP contribution in [0.3, 0.4) is 0 Å². The first-order chi connectivity index (χ1) is 22.1. The molecule has 0 aliphatic rings. The van der Waals surface area contributed by atoms with Gasteiger partial charge in [-0.3, -0.25) is 0 Å². The monoisotopic (exact) mass is 492 g/mol. The zero-order chi connectivity index (χ0) is 32.0. The molecule has 0 fully saturated rings. The summed E-state index contributed by atoms with van der Waals surface area (Å²) in [5.74, 6) is 0. The molecule has 0 N–H and O–H groups in total. The molecule has 0 radical (unpaired) electrons. The van der Waals surface area contributed by atoms with Gasteiger partial charge in [-0.25, -0.2) is 0 Å². The lowest BCUT2D eigenvalue weighted by Gasteiger charge is -2.09. The molecule has 8 rings (SSSR count). The van der Waals surface area contributed by atoms with Crippen molar-refractivity contribution in [3.63, 3.8) is 0 Å². The summed E-state index contributed by atoms with van der Waals surface area (Å²) in [5.41, 5.74) is 5.67. The molecule has 2 heteroatoms. The van der Waals surface area contributed by atoms with Crippen molar-refractivity contribution in [2.45, 2.75) is 0 Å². The van der Waals surface area contributed by atoms with Gasteiger partial charge >= 0.3 is 0 Å². The second-order valence-corrected chi connectivity index (χ2v) is 9.21. The minimum atomic E-state index is 0.0787. The van der Waals surface area contributed by atoms with Crippen molar-refractivity contribution in [1.29, 1.82) is 0 Å². The van der Waals surface area contributed by atoms with Gasteiger partial charge in [0.2, 0.25) is 0 Å². The fourth-order valence-electron chi connectivity index (χ4n) is 5.52. The lowest BCUT2D eigenvalue weighted by Crippen LogP contribution is -1.93. The van der Waals surface area contributed by atoms with Crippen LogP contribution in [-0.4, -0.2) is 9.13 Å². The zero-order valence-corrected chi connectivity index (χ0v) is 20.1. The van der Waals surface area contributed by atoms with Gasteiger partial charge in [-0.1, -0.05) is 84.8 Å². The van der Waals surface area contributed by atoms with Crippen molar-refractivity contribution in [3.8, 4) is 22.5 Å². The molecule has 0 amide bonds. The van der Waals surface area contributed by atoms with Gasteiger partial charge in [-0.15, -0.1) is 0 Å². The van der Waals surface area contributed by atoms with Crippen LogP contribution in [-0.2, 0) is 0 Å². The molecular weight excluding hydrogens is 460 g/mol. The van der Waals surface area contributed by atoms with Crippen molar-refractivity contribution >= 4 is 43.6 Å². The average molecular weight is 493 g/mol. The number of hydrogen-bond acceptors (Lipinski definition) is 0. The first-order valence-electron chi connectivity index (χ1n) is 16.4. The van der Waals surface area contributed by atoms with E-state index in [1.807, 2.05) is 57.7 Å². The van der Waals surface area contributed by atoms with Crippen LogP contribution in [0.2, 0.25) is 0 Å². The standard InChI is InChI=1S/C36H24N2/c1-3-11-27(12-4-1)37-33-17-9-7-15-29(33)31-23-25(19-21-35(31)37)26-20-22-36-32(24-26)30-16-8-10-18-34(30)38(36)28-13-5-2-6-14-28/h1-24H/i1D,2D,7D,8D,11D,12D,13D,14D. The molecule has 0 unspecified atom stereocenters. The first-order valence-corrected chi connectivity index (χ1v) is 12.4. The molecular formula is C36H24N2. The summed E-state index contributed by atoms with van der Waals surface area (Å²) < 4.78 is 70.8. The molecule has 38 heavy (non-hydrogen) atoms. The number of fused-ring (bicyclic) bond motifs is 6. The van der Waals surface area contributed by atoms with Crippen LogP contribution in [0.25, 0.3) is 66.1 Å². The molecule has 178 valence electrons. The maximum Gasteiger partial charge on any atom is 0.0645 e. The van der Waals surface area contributed by atoms with E-state index in [1.54, 1.807) is 24.3 Å². The Morgan fingerprint density at radius 3 is 1.26 bits per heavy atom. The molecule has 0 bridgehead atoms. The molecule has 0 spiro atoms.